The zero-order valence-electron chi connectivity index (χ0n) is 12.2. The Morgan fingerprint density at radius 2 is 1.95 bits per heavy atom. The van der Waals surface area contributed by atoms with Crippen molar-refractivity contribution in [2.24, 2.45) is 11.7 Å². The van der Waals surface area contributed by atoms with Crippen LogP contribution in [0.25, 0.3) is 10.8 Å². The third kappa shape index (κ3) is 3.42. The Kier molecular flexibility index (Phi) is 4.20. The van der Waals surface area contributed by atoms with E-state index < -0.39 is 0 Å². The Balaban J connectivity index is 1.63. The average Bonchev–Trinajstić information content (AvgIpc) is 2.52. The predicted molar refractivity (Wildman–Crippen MR) is 86.2 cm³/mol. The van der Waals surface area contributed by atoms with Crippen molar-refractivity contribution in [3.05, 3.63) is 48.0 Å². The molecular formula is C18H22N2O. The zero-order valence-corrected chi connectivity index (χ0v) is 12.2. The summed E-state index contributed by atoms with van der Waals surface area (Å²) in [6.45, 7) is 0.735. The minimum absolute atomic E-state index is 0.0138. The maximum Gasteiger partial charge on any atom is 0.251 e. The van der Waals surface area contributed by atoms with Crippen molar-refractivity contribution < 1.29 is 4.79 Å². The molecule has 2 aromatic rings. The molecule has 1 fully saturated rings. The van der Waals surface area contributed by atoms with Gasteiger partial charge in [0.15, 0.2) is 0 Å². The molecule has 21 heavy (non-hydrogen) atoms. The van der Waals surface area contributed by atoms with Gasteiger partial charge < -0.3 is 11.1 Å². The SMILES string of the molecule is NC1CCCC(CNC(=O)c2ccc3ccccc3c2)C1. The molecule has 1 aliphatic carbocycles. The smallest absolute Gasteiger partial charge is 0.251 e. The summed E-state index contributed by atoms with van der Waals surface area (Å²) in [5, 5.41) is 5.32. The van der Waals surface area contributed by atoms with Crippen LogP contribution in [0.3, 0.4) is 0 Å². The van der Waals surface area contributed by atoms with Crippen LogP contribution >= 0.6 is 0 Å². The Bertz CT molecular complexity index is 638. The van der Waals surface area contributed by atoms with Crippen LogP contribution in [0, 0.1) is 5.92 Å². The van der Waals surface area contributed by atoms with Gasteiger partial charge in [0.25, 0.3) is 5.91 Å². The van der Waals surface area contributed by atoms with E-state index >= 15 is 0 Å². The van der Waals surface area contributed by atoms with Crippen LogP contribution in [-0.4, -0.2) is 18.5 Å². The van der Waals surface area contributed by atoms with Gasteiger partial charge in [-0.1, -0.05) is 36.8 Å². The van der Waals surface area contributed by atoms with E-state index in [2.05, 4.69) is 11.4 Å². The molecule has 1 saturated carbocycles. The molecule has 1 aliphatic rings. The second-order valence-electron chi connectivity index (χ2n) is 6.06. The second kappa shape index (κ2) is 6.27. The minimum atomic E-state index is 0.0138. The number of hydrogen-bond acceptors (Lipinski definition) is 2. The summed E-state index contributed by atoms with van der Waals surface area (Å²) >= 11 is 0. The molecule has 1 amide bonds. The predicted octanol–water partition coefficient (Wildman–Crippen LogP) is 3.09. The first-order valence-corrected chi connectivity index (χ1v) is 7.75. The lowest BCUT2D eigenvalue weighted by atomic mass is 9.86. The van der Waals surface area contributed by atoms with E-state index in [1.807, 2.05) is 36.4 Å². The highest BCUT2D eigenvalue weighted by Crippen LogP contribution is 2.22. The first-order chi connectivity index (χ1) is 10.2. The summed E-state index contributed by atoms with van der Waals surface area (Å²) in [6, 6.07) is 14.2. The lowest BCUT2D eigenvalue weighted by Crippen LogP contribution is -2.35. The van der Waals surface area contributed by atoms with Crippen molar-refractivity contribution in [3.8, 4) is 0 Å². The molecule has 0 saturated heterocycles. The summed E-state index contributed by atoms with van der Waals surface area (Å²) in [5.74, 6) is 0.540. The maximum absolute atomic E-state index is 12.3. The van der Waals surface area contributed by atoms with Gasteiger partial charge >= 0.3 is 0 Å². The summed E-state index contributed by atoms with van der Waals surface area (Å²) < 4.78 is 0. The minimum Gasteiger partial charge on any atom is -0.352 e. The second-order valence-corrected chi connectivity index (χ2v) is 6.06. The molecule has 2 atom stereocenters. The first kappa shape index (κ1) is 14.1. The number of amides is 1. The first-order valence-electron chi connectivity index (χ1n) is 7.75. The van der Waals surface area contributed by atoms with Crippen LogP contribution in [-0.2, 0) is 0 Å². The van der Waals surface area contributed by atoms with Crippen molar-refractivity contribution in [2.75, 3.05) is 6.54 Å². The molecule has 3 rings (SSSR count). The van der Waals surface area contributed by atoms with Gasteiger partial charge in [-0.3, -0.25) is 4.79 Å². The van der Waals surface area contributed by atoms with Crippen molar-refractivity contribution in [1.82, 2.24) is 5.32 Å². The molecule has 2 unspecified atom stereocenters. The van der Waals surface area contributed by atoms with Gasteiger partial charge in [-0.05, 0) is 48.1 Å². The molecule has 0 heterocycles. The lowest BCUT2D eigenvalue weighted by molar-refractivity contribution is 0.0942. The highest BCUT2D eigenvalue weighted by molar-refractivity contribution is 5.98. The Hall–Kier alpha value is -1.87. The molecule has 110 valence electrons. The van der Waals surface area contributed by atoms with Gasteiger partial charge in [-0.25, -0.2) is 0 Å². The van der Waals surface area contributed by atoms with E-state index in [0.29, 0.717) is 12.0 Å². The Morgan fingerprint density at radius 1 is 1.14 bits per heavy atom. The largest absolute Gasteiger partial charge is 0.352 e. The fraction of sp³-hybridized carbons (Fsp3) is 0.389. The van der Waals surface area contributed by atoms with Crippen LogP contribution in [0.2, 0.25) is 0 Å². The molecule has 0 aliphatic heterocycles. The number of carbonyl (C=O) groups is 1. The zero-order chi connectivity index (χ0) is 14.7. The fourth-order valence-corrected chi connectivity index (χ4v) is 3.19. The van der Waals surface area contributed by atoms with Gasteiger partial charge in [-0.15, -0.1) is 0 Å². The quantitative estimate of drug-likeness (QED) is 0.909. The number of nitrogens with one attached hydrogen (secondary N) is 1. The average molecular weight is 282 g/mol. The topological polar surface area (TPSA) is 55.1 Å². The van der Waals surface area contributed by atoms with Crippen LogP contribution in [0.5, 0.6) is 0 Å². The molecule has 0 radical (unpaired) electrons. The van der Waals surface area contributed by atoms with Crippen molar-refractivity contribution in [1.29, 1.82) is 0 Å². The fourth-order valence-electron chi connectivity index (χ4n) is 3.19. The molecule has 2 aromatic carbocycles. The summed E-state index contributed by atoms with van der Waals surface area (Å²) in [6.07, 6.45) is 4.50. The molecular weight excluding hydrogens is 260 g/mol. The normalized spacial score (nSPS) is 22.1. The standard InChI is InChI=1S/C18H22N2O/c19-17-7-3-4-13(10-17)12-20-18(21)16-9-8-14-5-1-2-6-15(14)11-16/h1-2,5-6,8-9,11,13,17H,3-4,7,10,12,19H2,(H,20,21). The van der Waals surface area contributed by atoms with Crippen molar-refractivity contribution >= 4 is 16.7 Å². The van der Waals surface area contributed by atoms with Gasteiger partial charge in [-0.2, -0.15) is 0 Å². The van der Waals surface area contributed by atoms with Gasteiger partial charge in [0.2, 0.25) is 0 Å². The monoisotopic (exact) mass is 282 g/mol. The summed E-state index contributed by atoms with van der Waals surface area (Å²) in [5.41, 5.74) is 6.72. The molecule has 3 nitrogen and oxygen atoms in total. The highest BCUT2D eigenvalue weighted by Gasteiger charge is 2.19. The van der Waals surface area contributed by atoms with Crippen LogP contribution in [0.1, 0.15) is 36.0 Å². The van der Waals surface area contributed by atoms with Crippen LogP contribution in [0.15, 0.2) is 42.5 Å². The van der Waals surface area contributed by atoms with E-state index in [-0.39, 0.29) is 5.91 Å². The van der Waals surface area contributed by atoms with Crippen molar-refractivity contribution in [2.45, 2.75) is 31.7 Å². The molecule has 0 spiro atoms. The van der Waals surface area contributed by atoms with Gasteiger partial charge in [0.1, 0.15) is 0 Å². The third-order valence-electron chi connectivity index (χ3n) is 4.39. The van der Waals surface area contributed by atoms with E-state index in [1.165, 1.54) is 12.8 Å². The molecule has 3 N–H and O–H groups in total. The number of rotatable bonds is 3. The van der Waals surface area contributed by atoms with Crippen LogP contribution in [0.4, 0.5) is 0 Å². The third-order valence-corrected chi connectivity index (χ3v) is 4.39. The number of nitrogens with two attached hydrogens (primary N) is 1. The summed E-state index contributed by atoms with van der Waals surface area (Å²) in [7, 11) is 0. The number of fused-ring (bicyclic) bond motifs is 1. The number of benzene rings is 2. The van der Waals surface area contributed by atoms with Gasteiger partial charge in [0, 0.05) is 18.2 Å². The van der Waals surface area contributed by atoms with Gasteiger partial charge in [0.05, 0.1) is 0 Å². The van der Waals surface area contributed by atoms with Crippen molar-refractivity contribution in [3.63, 3.8) is 0 Å². The molecule has 0 bridgehead atoms. The Morgan fingerprint density at radius 3 is 2.76 bits per heavy atom. The highest BCUT2D eigenvalue weighted by atomic mass is 16.1. The Labute approximate surface area is 125 Å². The van der Waals surface area contributed by atoms with E-state index in [0.717, 1.165) is 35.7 Å². The van der Waals surface area contributed by atoms with E-state index in [9.17, 15) is 4.79 Å². The number of hydrogen-bond donors (Lipinski definition) is 2. The van der Waals surface area contributed by atoms with E-state index in [4.69, 9.17) is 5.73 Å². The molecule has 3 heteroatoms. The van der Waals surface area contributed by atoms with E-state index in [1.54, 1.807) is 0 Å². The van der Waals surface area contributed by atoms with Crippen LogP contribution < -0.4 is 11.1 Å². The number of carbonyl (C=O) groups excluding carboxylic acids is 1. The molecule has 0 aromatic heterocycles. The summed E-state index contributed by atoms with van der Waals surface area (Å²) in [4.78, 5) is 12.3. The lowest BCUT2D eigenvalue weighted by Gasteiger charge is -2.26. The maximum atomic E-state index is 12.3.